The maximum atomic E-state index is 12.7. The van der Waals surface area contributed by atoms with Gasteiger partial charge in [-0.15, -0.1) is 0 Å². The van der Waals surface area contributed by atoms with Crippen LogP contribution in [0.5, 0.6) is 5.75 Å². The Morgan fingerprint density at radius 1 is 1.09 bits per heavy atom. The number of hydrogen-bond donors (Lipinski definition) is 0. The number of benzene rings is 2. The quantitative estimate of drug-likeness (QED) is 0.396. The van der Waals surface area contributed by atoms with Crippen LogP contribution in [-0.4, -0.2) is 63.1 Å². The summed E-state index contributed by atoms with van der Waals surface area (Å²) in [5.41, 5.74) is 2.63. The van der Waals surface area contributed by atoms with E-state index in [0.29, 0.717) is 54.2 Å². The molecule has 1 saturated heterocycles. The molecule has 2 aromatic heterocycles. The summed E-state index contributed by atoms with van der Waals surface area (Å²) in [6.07, 6.45) is 0. The Balaban J connectivity index is 1.19. The normalized spacial score (nSPS) is 14.4. The molecule has 3 heterocycles. The van der Waals surface area contributed by atoms with Crippen molar-refractivity contribution in [3.63, 3.8) is 0 Å². The first kappa shape index (κ1) is 23.5. The van der Waals surface area contributed by atoms with Gasteiger partial charge in [-0.2, -0.15) is 9.61 Å². The minimum atomic E-state index is -0.187. The van der Waals surface area contributed by atoms with Crippen molar-refractivity contribution in [3.05, 3.63) is 81.2 Å². The molecule has 5 rings (SSSR count). The number of aryl methyl sites for hydroxylation is 1. The van der Waals surface area contributed by atoms with E-state index in [1.807, 2.05) is 31.2 Å². The number of nitrogens with zero attached hydrogens (tertiary/aromatic N) is 5. The number of carbonyl (C=O) groups excluding carboxylic acids is 1. The van der Waals surface area contributed by atoms with Crippen LogP contribution in [0.15, 0.2) is 59.4 Å². The maximum Gasteiger partial charge on any atom is 0.275 e. The van der Waals surface area contributed by atoms with Crippen molar-refractivity contribution in [2.24, 2.45) is 0 Å². The van der Waals surface area contributed by atoms with Crippen LogP contribution in [0.4, 0.5) is 0 Å². The van der Waals surface area contributed by atoms with Crippen LogP contribution >= 0.6 is 22.9 Å². The summed E-state index contributed by atoms with van der Waals surface area (Å²) in [5, 5.41) is 5.86. The Hall–Kier alpha value is -3.27. The average molecular weight is 510 g/mol. The Morgan fingerprint density at radius 3 is 2.60 bits per heavy atom. The summed E-state index contributed by atoms with van der Waals surface area (Å²) in [6.45, 7) is 5.16. The van der Waals surface area contributed by atoms with Crippen molar-refractivity contribution in [2.75, 3.05) is 32.8 Å². The molecule has 8 nitrogen and oxygen atoms in total. The zero-order valence-electron chi connectivity index (χ0n) is 19.2. The van der Waals surface area contributed by atoms with Crippen LogP contribution in [0, 0.1) is 6.92 Å². The first-order valence-electron chi connectivity index (χ1n) is 11.3. The van der Waals surface area contributed by atoms with Crippen molar-refractivity contribution < 1.29 is 9.53 Å². The fraction of sp³-hybridized carbons (Fsp3) is 0.280. The second-order valence-corrected chi connectivity index (χ2v) is 9.85. The molecule has 0 saturated carbocycles. The molecule has 0 N–H and O–H groups in total. The van der Waals surface area contributed by atoms with Crippen molar-refractivity contribution in [1.29, 1.82) is 0 Å². The van der Waals surface area contributed by atoms with Gasteiger partial charge in [0.05, 0.1) is 5.69 Å². The molecule has 0 spiro atoms. The summed E-state index contributed by atoms with van der Waals surface area (Å²) in [7, 11) is 0. The fourth-order valence-corrected chi connectivity index (χ4v) is 5.03. The van der Waals surface area contributed by atoms with E-state index in [0.717, 1.165) is 16.1 Å². The number of hydrogen-bond acceptors (Lipinski definition) is 7. The molecule has 0 radical (unpaired) electrons. The van der Waals surface area contributed by atoms with Crippen LogP contribution in [0.1, 0.15) is 11.3 Å². The minimum absolute atomic E-state index is 0.00866. The second-order valence-electron chi connectivity index (χ2n) is 8.46. The Kier molecular flexibility index (Phi) is 6.81. The van der Waals surface area contributed by atoms with E-state index in [1.54, 1.807) is 35.2 Å². The van der Waals surface area contributed by atoms with Gasteiger partial charge in [0.1, 0.15) is 10.8 Å². The SMILES string of the molecule is Cc1cccc(-c2nn3c(=O)cc(CN4CCN(C(=O)COc5ccc(Cl)cc5)CC4)nc3s2)c1. The van der Waals surface area contributed by atoms with E-state index in [4.69, 9.17) is 16.3 Å². The lowest BCUT2D eigenvalue weighted by Crippen LogP contribution is -2.49. The van der Waals surface area contributed by atoms with Crippen LogP contribution in [0.2, 0.25) is 5.02 Å². The van der Waals surface area contributed by atoms with Gasteiger partial charge in [0.15, 0.2) is 6.61 Å². The molecule has 0 unspecified atom stereocenters. The standard InChI is InChI=1S/C25H24ClN5O3S/c1-17-3-2-4-18(13-17)24-28-31-22(32)14-20(27-25(31)35-24)15-29-9-11-30(12-10-29)23(33)16-34-21-7-5-19(26)6-8-21/h2-8,13-14H,9-12,15-16H2,1H3. The second kappa shape index (κ2) is 10.2. The molecule has 180 valence electrons. The van der Waals surface area contributed by atoms with E-state index in [9.17, 15) is 9.59 Å². The Bertz CT molecular complexity index is 1410. The van der Waals surface area contributed by atoms with Gasteiger partial charge in [0.2, 0.25) is 4.96 Å². The molecule has 1 aliphatic rings. The molecule has 10 heteroatoms. The summed E-state index contributed by atoms with van der Waals surface area (Å²) >= 11 is 7.28. The molecular weight excluding hydrogens is 486 g/mol. The Morgan fingerprint density at radius 2 is 1.86 bits per heavy atom. The van der Waals surface area contributed by atoms with Crippen molar-refractivity contribution >= 4 is 33.8 Å². The number of amides is 1. The van der Waals surface area contributed by atoms with Gasteiger partial charge in [0, 0.05) is 49.4 Å². The zero-order chi connectivity index (χ0) is 24.4. The smallest absolute Gasteiger partial charge is 0.275 e. The number of ether oxygens (including phenoxy) is 1. The topological polar surface area (TPSA) is 80.0 Å². The number of carbonyl (C=O) groups is 1. The fourth-order valence-electron chi connectivity index (χ4n) is 3.98. The van der Waals surface area contributed by atoms with Gasteiger partial charge < -0.3 is 9.64 Å². The van der Waals surface area contributed by atoms with Gasteiger partial charge in [-0.1, -0.05) is 46.7 Å². The Labute approximate surface area is 211 Å². The number of aromatic nitrogens is 3. The number of fused-ring (bicyclic) bond motifs is 1. The van der Waals surface area contributed by atoms with Gasteiger partial charge >= 0.3 is 0 Å². The van der Waals surface area contributed by atoms with Crippen molar-refractivity contribution in [2.45, 2.75) is 13.5 Å². The molecule has 35 heavy (non-hydrogen) atoms. The maximum absolute atomic E-state index is 12.7. The first-order chi connectivity index (χ1) is 16.9. The molecule has 0 bridgehead atoms. The van der Waals surface area contributed by atoms with E-state index in [1.165, 1.54) is 15.9 Å². The lowest BCUT2D eigenvalue weighted by Gasteiger charge is -2.34. The molecule has 0 atom stereocenters. The average Bonchev–Trinajstić information content (AvgIpc) is 3.29. The number of piperazine rings is 1. The number of halogens is 1. The van der Waals surface area contributed by atoms with Crippen LogP contribution in [0.3, 0.4) is 0 Å². The highest BCUT2D eigenvalue weighted by Crippen LogP contribution is 2.25. The van der Waals surface area contributed by atoms with Crippen molar-refractivity contribution in [3.8, 4) is 16.3 Å². The highest BCUT2D eigenvalue weighted by molar-refractivity contribution is 7.19. The lowest BCUT2D eigenvalue weighted by atomic mass is 10.1. The van der Waals surface area contributed by atoms with Gasteiger partial charge in [-0.25, -0.2) is 4.98 Å². The van der Waals surface area contributed by atoms with Gasteiger partial charge in [-0.3, -0.25) is 14.5 Å². The predicted octanol–water partition coefficient (Wildman–Crippen LogP) is 3.50. The summed E-state index contributed by atoms with van der Waals surface area (Å²) in [5.74, 6) is 0.563. The molecule has 2 aromatic carbocycles. The molecule has 0 aliphatic carbocycles. The van der Waals surface area contributed by atoms with E-state index >= 15 is 0 Å². The highest BCUT2D eigenvalue weighted by Gasteiger charge is 2.22. The van der Waals surface area contributed by atoms with Crippen LogP contribution in [-0.2, 0) is 11.3 Å². The molecular formula is C25H24ClN5O3S. The monoisotopic (exact) mass is 509 g/mol. The van der Waals surface area contributed by atoms with E-state index in [-0.39, 0.29) is 18.1 Å². The predicted molar refractivity (Wildman–Crippen MR) is 136 cm³/mol. The minimum Gasteiger partial charge on any atom is -0.484 e. The number of rotatable bonds is 6. The summed E-state index contributed by atoms with van der Waals surface area (Å²) in [6, 6.07) is 16.5. The third-order valence-electron chi connectivity index (χ3n) is 5.85. The van der Waals surface area contributed by atoms with Gasteiger partial charge in [-0.05, 0) is 37.3 Å². The van der Waals surface area contributed by atoms with Crippen LogP contribution in [0.25, 0.3) is 15.5 Å². The van der Waals surface area contributed by atoms with Crippen molar-refractivity contribution in [1.82, 2.24) is 24.4 Å². The third kappa shape index (κ3) is 5.53. The molecule has 1 fully saturated rings. The molecule has 4 aromatic rings. The molecule has 1 amide bonds. The van der Waals surface area contributed by atoms with Gasteiger partial charge in [0.25, 0.3) is 11.5 Å². The lowest BCUT2D eigenvalue weighted by molar-refractivity contribution is -0.135. The third-order valence-corrected chi connectivity index (χ3v) is 7.06. The molecule has 1 aliphatic heterocycles. The highest BCUT2D eigenvalue weighted by atomic mass is 35.5. The van der Waals surface area contributed by atoms with E-state index in [2.05, 4.69) is 15.0 Å². The van der Waals surface area contributed by atoms with Crippen LogP contribution < -0.4 is 10.3 Å². The summed E-state index contributed by atoms with van der Waals surface area (Å²) < 4.78 is 6.94. The largest absolute Gasteiger partial charge is 0.484 e. The first-order valence-corrected chi connectivity index (χ1v) is 12.5. The zero-order valence-corrected chi connectivity index (χ0v) is 20.8. The van der Waals surface area contributed by atoms with E-state index < -0.39 is 0 Å². The summed E-state index contributed by atoms with van der Waals surface area (Å²) in [4.78, 5) is 34.5.